The first-order valence-corrected chi connectivity index (χ1v) is 13.5. The molecule has 1 aliphatic carbocycles. The van der Waals surface area contributed by atoms with E-state index in [1.54, 1.807) is 13.1 Å². The van der Waals surface area contributed by atoms with Gasteiger partial charge in [0.2, 0.25) is 10.0 Å². The number of ether oxygens (including phenoxy) is 1. The molecule has 31 heavy (non-hydrogen) atoms. The minimum atomic E-state index is -3.73. The number of aliphatic carboxylic acids is 1. The number of thioether (sulfide) groups is 1. The number of unbranched alkanes of at least 4 members (excludes halogenated alkanes) is 1. The summed E-state index contributed by atoms with van der Waals surface area (Å²) in [5.74, 6) is -0.780. The molecule has 0 spiro atoms. The number of nitrogens with zero attached hydrogens (tertiary/aromatic N) is 2. The summed E-state index contributed by atoms with van der Waals surface area (Å²) in [6, 6.07) is 3.70. The summed E-state index contributed by atoms with van der Waals surface area (Å²) < 4.78 is 34.3. The molecule has 2 aliphatic rings. The number of benzene rings is 1. The van der Waals surface area contributed by atoms with Crippen LogP contribution in [-0.4, -0.2) is 55.7 Å². The summed E-state index contributed by atoms with van der Waals surface area (Å²) in [5, 5.41) is 8.84. The van der Waals surface area contributed by atoms with E-state index in [4.69, 9.17) is 9.84 Å². The number of hydrogen-bond acceptors (Lipinski definition) is 6. The van der Waals surface area contributed by atoms with Crippen LogP contribution >= 0.6 is 11.8 Å². The van der Waals surface area contributed by atoms with Crippen LogP contribution in [0.3, 0.4) is 0 Å². The van der Waals surface area contributed by atoms with Gasteiger partial charge in [0, 0.05) is 31.7 Å². The van der Waals surface area contributed by atoms with Crippen molar-refractivity contribution in [2.75, 3.05) is 24.7 Å². The van der Waals surface area contributed by atoms with E-state index in [-0.39, 0.29) is 10.9 Å². The number of rotatable bonds is 8. The van der Waals surface area contributed by atoms with Gasteiger partial charge in [-0.05, 0) is 31.6 Å². The van der Waals surface area contributed by atoms with Gasteiger partial charge in [-0.3, -0.25) is 0 Å². The third-order valence-electron chi connectivity index (χ3n) is 6.20. The molecule has 0 radical (unpaired) electrons. The van der Waals surface area contributed by atoms with Crippen molar-refractivity contribution in [2.24, 2.45) is 0 Å². The van der Waals surface area contributed by atoms with E-state index in [1.165, 1.54) is 16.1 Å². The standard InChI is InChI=1S/C22H32N2O5S2/c1-4-5-8-17-15-24(16-9-6-7-10-16)18-13-20(30-3)19(29-12-11-22(25)26)14-21(18)31(27,28)23(17)2/h11-14,16-17H,4-10,15H2,1-3H3,(H,25,26)/b12-11+. The number of sulfonamides is 1. The van der Waals surface area contributed by atoms with Gasteiger partial charge < -0.3 is 14.7 Å². The highest BCUT2D eigenvalue weighted by Crippen LogP contribution is 2.43. The fourth-order valence-electron chi connectivity index (χ4n) is 4.45. The van der Waals surface area contributed by atoms with E-state index in [0.717, 1.165) is 67.9 Å². The molecule has 1 saturated carbocycles. The largest absolute Gasteiger partial charge is 0.478 e. The lowest BCUT2D eigenvalue weighted by atomic mass is 10.1. The molecule has 0 saturated heterocycles. The number of carboxylic acids is 1. The van der Waals surface area contributed by atoms with Crippen molar-refractivity contribution in [3.8, 4) is 5.75 Å². The fourth-order valence-corrected chi connectivity index (χ4v) is 6.55. The molecule has 1 fully saturated rings. The second-order valence-electron chi connectivity index (χ2n) is 8.14. The Bertz CT molecular complexity index is 926. The summed E-state index contributed by atoms with van der Waals surface area (Å²) in [6.45, 7) is 2.80. The molecule has 3 rings (SSSR count). The zero-order chi connectivity index (χ0) is 22.6. The number of carbonyl (C=O) groups is 1. The van der Waals surface area contributed by atoms with Crippen molar-refractivity contribution >= 4 is 33.4 Å². The van der Waals surface area contributed by atoms with Crippen molar-refractivity contribution in [2.45, 2.75) is 73.7 Å². The summed E-state index contributed by atoms with van der Waals surface area (Å²) in [7, 11) is -2.05. The van der Waals surface area contributed by atoms with Crippen LogP contribution in [-0.2, 0) is 14.8 Å². The van der Waals surface area contributed by atoms with Crippen molar-refractivity contribution in [1.29, 1.82) is 0 Å². The van der Waals surface area contributed by atoms with Crippen LogP contribution in [0.1, 0.15) is 51.9 Å². The second kappa shape index (κ2) is 10.3. The molecule has 1 unspecified atom stereocenters. The van der Waals surface area contributed by atoms with Crippen LogP contribution in [0, 0.1) is 0 Å². The summed E-state index contributed by atoms with van der Waals surface area (Å²) in [5.41, 5.74) is 0.733. The molecule has 0 bridgehead atoms. The Morgan fingerprint density at radius 1 is 1.32 bits per heavy atom. The SMILES string of the molecule is CCCCC1CN(C2CCCC2)c2cc(SC)c(O/C=C/C(=O)O)cc2S(=O)(=O)N1C. The lowest BCUT2D eigenvalue weighted by Gasteiger charge is -2.34. The first-order valence-electron chi connectivity index (χ1n) is 10.8. The smallest absolute Gasteiger partial charge is 0.331 e. The van der Waals surface area contributed by atoms with E-state index in [2.05, 4.69) is 11.8 Å². The zero-order valence-corrected chi connectivity index (χ0v) is 20.0. The Morgan fingerprint density at radius 2 is 2.03 bits per heavy atom. The van der Waals surface area contributed by atoms with Gasteiger partial charge in [0.15, 0.2) is 0 Å². The number of fused-ring (bicyclic) bond motifs is 1. The van der Waals surface area contributed by atoms with Crippen LogP contribution in [0.4, 0.5) is 5.69 Å². The molecule has 0 aromatic heterocycles. The fraction of sp³-hybridized carbons (Fsp3) is 0.591. The van der Waals surface area contributed by atoms with E-state index in [9.17, 15) is 13.2 Å². The molecule has 0 amide bonds. The van der Waals surface area contributed by atoms with Gasteiger partial charge in [-0.25, -0.2) is 13.2 Å². The second-order valence-corrected chi connectivity index (χ2v) is 11.0. The van der Waals surface area contributed by atoms with Gasteiger partial charge in [-0.15, -0.1) is 11.8 Å². The van der Waals surface area contributed by atoms with E-state index < -0.39 is 16.0 Å². The Labute approximate surface area is 189 Å². The van der Waals surface area contributed by atoms with Crippen LogP contribution in [0.5, 0.6) is 5.75 Å². The number of hydrogen-bond donors (Lipinski definition) is 1. The maximum atomic E-state index is 13.6. The number of likely N-dealkylation sites (N-methyl/N-ethyl adjacent to an activating group) is 1. The molecule has 9 heteroatoms. The predicted octanol–water partition coefficient (Wildman–Crippen LogP) is 4.33. The molecular weight excluding hydrogens is 436 g/mol. The molecule has 172 valence electrons. The van der Waals surface area contributed by atoms with E-state index >= 15 is 0 Å². The molecular formula is C22H32N2O5S2. The topological polar surface area (TPSA) is 87.1 Å². The molecule has 1 N–H and O–H groups in total. The summed E-state index contributed by atoms with van der Waals surface area (Å²) in [6.07, 6.45) is 11.1. The minimum Gasteiger partial charge on any atom is -0.478 e. The van der Waals surface area contributed by atoms with Crippen molar-refractivity contribution in [3.63, 3.8) is 0 Å². The van der Waals surface area contributed by atoms with Crippen LogP contribution < -0.4 is 9.64 Å². The lowest BCUT2D eigenvalue weighted by Crippen LogP contribution is -2.44. The first-order chi connectivity index (χ1) is 14.8. The van der Waals surface area contributed by atoms with Crippen LogP contribution in [0.2, 0.25) is 0 Å². The van der Waals surface area contributed by atoms with Gasteiger partial charge in [-0.1, -0.05) is 32.6 Å². The monoisotopic (exact) mass is 468 g/mol. The van der Waals surface area contributed by atoms with E-state index in [0.29, 0.717) is 18.3 Å². The highest BCUT2D eigenvalue weighted by molar-refractivity contribution is 7.98. The normalized spacial score (nSPS) is 21.9. The van der Waals surface area contributed by atoms with Crippen molar-refractivity contribution in [3.05, 3.63) is 24.5 Å². The zero-order valence-electron chi connectivity index (χ0n) is 18.4. The van der Waals surface area contributed by atoms with Gasteiger partial charge >= 0.3 is 5.97 Å². The van der Waals surface area contributed by atoms with Gasteiger partial charge in [-0.2, -0.15) is 4.31 Å². The molecule has 1 aromatic rings. The lowest BCUT2D eigenvalue weighted by molar-refractivity contribution is -0.131. The Hall–Kier alpha value is -1.71. The Kier molecular flexibility index (Phi) is 7.93. The molecule has 1 heterocycles. The van der Waals surface area contributed by atoms with Gasteiger partial charge in [0.1, 0.15) is 10.6 Å². The quantitative estimate of drug-likeness (QED) is 0.345. The minimum absolute atomic E-state index is 0.0908. The predicted molar refractivity (Wildman–Crippen MR) is 123 cm³/mol. The highest BCUT2D eigenvalue weighted by Gasteiger charge is 2.39. The molecule has 7 nitrogen and oxygen atoms in total. The van der Waals surface area contributed by atoms with Crippen LogP contribution in [0.15, 0.2) is 34.3 Å². The average Bonchev–Trinajstić information content (AvgIpc) is 3.25. The first kappa shape index (κ1) is 23.9. The molecule has 1 atom stereocenters. The Balaban J connectivity index is 2.12. The maximum Gasteiger partial charge on any atom is 0.331 e. The third-order valence-corrected chi connectivity index (χ3v) is 8.89. The molecule has 1 aliphatic heterocycles. The average molecular weight is 469 g/mol. The number of anilines is 1. The van der Waals surface area contributed by atoms with Gasteiger partial charge in [0.05, 0.1) is 22.9 Å². The van der Waals surface area contributed by atoms with Crippen molar-refractivity contribution in [1.82, 2.24) is 4.31 Å². The highest BCUT2D eigenvalue weighted by atomic mass is 32.2. The number of carboxylic acid groups (broad SMARTS) is 1. The van der Waals surface area contributed by atoms with Gasteiger partial charge in [0.25, 0.3) is 0 Å². The Morgan fingerprint density at radius 3 is 2.65 bits per heavy atom. The summed E-state index contributed by atoms with van der Waals surface area (Å²) in [4.78, 5) is 14.1. The van der Waals surface area contributed by atoms with E-state index in [1.807, 2.05) is 12.3 Å². The summed E-state index contributed by atoms with van der Waals surface area (Å²) >= 11 is 1.45. The third kappa shape index (κ3) is 5.21. The maximum absolute atomic E-state index is 13.6. The van der Waals surface area contributed by atoms with Crippen molar-refractivity contribution < 1.29 is 23.1 Å². The van der Waals surface area contributed by atoms with Crippen LogP contribution in [0.25, 0.3) is 0 Å². The molecule has 1 aromatic carbocycles.